The summed E-state index contributed by atoms with van der Waals surface area (Å²) in [5, 5.41) is 9.80. The third kappa shape index (κ3) is 4.74. The lowest BCUT2D eigenvalue weighted by atomic mass is 10.1. The Labute approximate surface area is 136 Å². The van der Waals surface area contributed by atoms with Gasteiger partial charge in [0.15, 0.2) is 0 Å². The first-order valence-electron chi connectivity index (χ1n) is 7.88. The molecule has 23 heavy (non-hydrogen) atoms. The molecule has 0 aliphatic carbocycles. The lowest BCUT2D eigenvalue weighted by Gasteiger charge is -2.30. The summed E-state index contributed by atoms with van der Waals surface area (Å²) in [6, 6.07) is 17.8. The van der Waals surface area contributed by atoms with E-state index in [0.29, 0.717) is 17.9 Å². The van der Waals surface area contributed by atoms with Crippen LogP contribution in [0.4, 0.5) is 0 Å². The van der Waals surface area contributed by atoms with Gasteiger partial charge in [0.25, 0.3) is 0 Å². The van der Waals surface area contributed by atoms with E-state index in [9.17, 15) is 9.90 Å². The van der Waals surface area contributed by atoms with Crippen molar-refractivity contribution in [2.45, 2.75) is 38.4 Å². The number of unbranched alkanes of at least 4 members (excludes halogenated alkanes) is 2. The van der Waals surface area contributed by atoms with Crippen molar-refractivity contribution in [1.82, 2.24) is 0 Å². The minimum absolute atomic E-state index is 0.278. The minimum atomic E-state index is -1.72. The molecule has 2 aromatic carbocycles. The van der Waals surface area contributed by atoms with Crippen LogP contribution in [0.5, 0.6) is 11.5 Å². The van der Waals surface area contributed by atoms with E-state index in [2.05, 4.69) is 6.92 Å². The van der Waals surface area contributed by atoms with E-state index in [-0.39, 0.29) is 6.42 Å². The third-order valence-corrected chi connectivity index (χ3v) is 3.49. The van der Waals surface area contributed by atoms with Gasteiger partial charge in [-0.2, -0.15) is 0 Å². The number of hydrogen-bond acceptors (Lipinski definition) is 3. The monoisotopic (exact) mass is 314 g/mol. The summed E-state index contributed by atoms with van der Waals surface area (Å²) in [5.41, 5.74) is 0. The molecule has 0 spiro atoms. The van der Waals surface area contributed by atoms with Crippen LogP contribution >= 0.6 is 0 Å². The van der Waals surface area contributed by atoms with Crippen molar-refractivity contribution in [1.29, 1.82) is 0 Å². The minimum Gasteiger partial charge on any atom is -0.475 e. The molecule has 0 bridgehead atoms. The van der Waals surface area contributed by atoms with Crippen LogP contribution in [0.1, 0.15) is 32.6 Å². The van der Waals surface area contributed by atoms with E-state index in [0.717, 1.165) is 12.8 Å². The molecule has 0 saturated carbocycles. The Hall–Kier alpha value is -2.49. The van der Waals surface area contributed by atoms with Gasteiger partial charge in [-0.25, -0.2) is 4.79 Å². The standard InChI is InChI=1S/C19H22O4/c1-2-3-10-15-19(18(20)21,22-16-11-6-4-7-12-16)23-17-13-8-5-9-14-17/h4-9,11-14H,2-3,10,15H2,1H3,(H,20,21). The average Bonchev–Trinajstić information content (AvgIpc) is 2.56. The van der Waals surface area contributed by atoms with Crippen molar-refractivity contribution in [3.8, 4) is 11.5 Å². The zero-order chi connectivity index (χ0) is 16.5. The molecule has 0 atom stereocenters. The zero-order valence-corrected chi connectivity index (χ0v) is 13.3. The van der Waals surface area contributed by atoms with Crippen LogP contribution in [-0.4, -0.2) is 16.9 Å². The summed E-state index contributed by atoms with van der Waals surface area (Å²) in [7, 11) is 0. The molecule has 1 N–H and O–H groups in total. The molecule has 2 rings (SSSR count). The van der Waals surface area contributed by atoms with Gasteiger partial charge in [0, 0.05) is 6.42 Å². The van der Waals surface area contributed by atoms with Crippen molar-refractivity contribution >= 4 is 5.97 Å². The van der Waals surface area contributed by atoms with Crippen LogP contribution in [0, 0.1) is 0 Å². The van der Waals surface area contributed by atoms with Crippen molar-refractivity contribution < 1.29 is 19.4 Å². The first-order chi connectivity index (χ1) is 11.2. The van der Waals surface area contributed by atoms with Gasteiger partial charge in [-0.15, -0.1) is 0 Å². The Morgan fingerprint density at radius 2 is 1.39 bits per heavy atom. The number of para-hydroxylation sites is 2. The highest BCUT2D eigenvalue weighted by Gasteiger charge is 2.43. The Kier molecular flexibility index (Phi) is 6.03. The molecular weight excluding hydrogens is 292 g/mol. The maximum absolute atomic E-state index is 12.0. The van der Waals surface area contributed by atoms with Crippen molar-refractivity contribution in [2.75, 3.05) is 0 Å². The van der Waals surface area contributed by atoms with E-state index >= 15 is 0 Å². The second kappa shape index (κ2) is 8.22. The molecule has 0 heterocycles. The van der Waals surface area contributed by atoms with Gasteiger partial charge in [0.1, 0.15) is 11.5 Å². The molecule has 4 heteroatoms. The van der Waals surface area contributed by atoms with Gasteiger partial charge in [0.2, 0.25) is 0 Å². The van der Waals surface area contributed by atoms with Crippen LogP contribution in [-0.2, 0) is 4.79 Å². The Morgan fingerprint density at radius 1 is 0.913 bits per heavy atom. The maximum atomic E-state index is 12.0. The van der Waals surface area contributed by atoms with Gasteiger partial charge in [-0.3, -0.25) is 0 Å². The summed E-state index contributed by atoms with van der Waals surface area (Å²) in [6.45, 7) is 2.07. The largest absolute Gasteiger partial charge is 0.475 e. The molecule has 4 nitrogen and oxygen atoms in total. The summed E-state index contributed by atoms with van der Waals surface area (Å²) >= 11 is 0. The molecule has 0 unspecified atom stereocenters. The van der Waals surface area contributed by atoms with Crippen molar-refractivity contribution in [3.63, 3.8) is 0 Å². The highest BCUT2D eigenvalue weighted by molar-refractivity contribution is 5.76. The maximum Gasteiger partial charge on any atom is 0.390 e. The van der Waals surface area contributed by atoms with Crippen LogP contribution in [0.2, 0.25) is 0 Å². The number of rotatable bonds is 9. The predicted octanol–water partition coefficient (Wildman–Crippen LogP) is 4.51. The summed E-state index contributed by atoms with van der Waals surface area (Å²) < 4.78 is 11.6. The van der Waals surface area contributed by atoms with Crippen LogP contribution in [0.15, 0.2) is 60.7 Å². The van der Waals surface area contributed by atoms with Gasteiger partial charge in [-0.1, -0.05) is 56.2 Å². The van der Waals surface area contributed by atoms with Crippen LogP contribution in [0.25, 0.3) is 0 Å². The first kappa shape index (κ1) is 16.9. The molecule has 0 aliphatic rings. The van der Waals surface area contributed by atoms with E-state index in [4.69, 9.17) is 9.47 Å². The molecule has 122 valence electrons. The van der Waals surface area contributed by atoms with E-state index < -0.39 is 11.8 Å². The molecular formula is C19H22O4. The normalized spacial score (nSPS) is 11.0. The number of carboxylic acid groups (broad SMARTS) is 1. The smallest absolute Gasteiger partial charge is 0.390 e. The Morgan fingerprint density at radius 3 is 1.78 bits per heavy atom. The van der Waals surface area contributed by atoms with Gasteiger partial charge in [-0.05, 0) is 30.7 Å². The van der Waals surface area contributed by atoms with E-state index in [1.165, 1.54) is 0 Å². The van der Waals surface area contributed by atoms with Crippen LogP contribution < -0.4 is 9.47 Å². The fourth-order valence-corrected chi connectivity index (χ4v) is 2.28. The molecule has 0 aliphatic heterocycles. The SMILES string of the molecule is CCCCCC(Oc1ccccc1)(Oc1ccccc1)C(=O)O. The number of ether oxygens (including phenoxy) is 2. The summed E-state index contributed by atoms with van der Waals surface area (Å²) in [4.78, 5) is 12.0. The third-order valence-electron chi connectivity index (χ3n) is 3.49. The molecule has 0 saturated heterocycles. The molecule has 0 radical (unpaired) electrons. The second-order valence-electron chi connectivity index (χ2n) is 5.35. The van der Waals surface area contributed by atoms with Gasteiger partial charge < -0.3 is 14.6 Å². The van der Waals surface area contributed by atoms with Crippen molar-refractivity contribution in [3.05, 3.63) is 60.7 Å². The average molecular weight is 314 g/mol. The number of benzene rings is 2. The highest BCUT2D eigenvalue weighted by atomic mass is 16.7. The Balaban J connectivity index is 2.27. The zero-order valence-electron chi connectivity index (χ0n) is 13.3. The summed E-state index contributed by atoms with van der Waals surface area (Å²) in [5.74, 6) is -1.90. The molecule has 2 aromatic rings. The molecule has 0 amide bonds. The number of aliphatic carboxylic acids is 1. The first-order valence-corrected chi connectivity index (χ1v) is 7.88. The second-order valence-corrected chi connectivity index (χ2v) is 5.35. The van der Waals surface area contributed by atoms with E-state index in [1.807, 2.05) is 12.1 Å². The number of hydrogen-bond donors (Lipinski definition) is 1. The fraction of sp³-hybridized carbons (Fsp3) is 0.316. The lowest BCUT2D eigenvalue weighted by molar-refractivity contribution is -0.187. The Bertz CT molecular complexity index is 554. The van der Waals surface area contributed by atoms with Crippen LogP contribution in [0.3, 0.4) is 0 Å². The number of carboxylic acids is 1. The molecule has 0 aromatic heterocycles. The number of carbonyl (C=O) groups is 1. The summed E-state index contributed by atoms with van der Waals surface area (Å²) in [6.07, 6.45) is 2.90. The van der Waals surface area contributed by atoms with Crippen molar-refractivity contribution in [2.24, 2.45) is 0 Å². The van der Waals surface area contributed by atoms with E-state index in [1.54, 1.807) is 48.5 Å². The molecule has 0 fully saturated rings. The lowest BCUT2D eigenvalue weighted by Crippen LogP contribution is -2.50. The van der Waals surface area contributed by atoms with Gasteiger partial charge in [0.05, 0.1) is 0 Å². The fourth-order valence-electron chi connectivity index (χ4n) is 2.28. The predicted molar refractivity (Wildman–Crippen MR) is 88.6 cm³/mol. The quantitative estimate of drug-likeness (QED) is 0.546. The van der Waals surface area contributed by atoms with Gasteiger partial charge >= 0.3 is 11.8 Å². The highest BCUT2D eigenvalue weighted by Crippen LogP contribution is 2.28. The topological polar surface area (TPSA) is 55.8 Å².